The second-order valence-corrected chi connectivity index (χ2v) is 4.69. The van der Waals surface area contributed by atoms with E-state index in [0.717, 1.165) is 0 Å². The molecular formula is C11H13BrN2O5. The van der Waals surface area contributed by atoms with Crippen molar-refractivity contribution < 1.29 is 14.9 Å². The van der Waals surface area contributed by atoms with Gasteiger partial charge in [0, 0.05) is 12.6 Å². The minimum absolute atomic E-state index is 0.175. The molecule has 0 radical (unpaired) electrons. The van der Waals surface area contributed by atoms with Crippen molar-refractivity contribution in [2.45, 2.75) is 24.9 Å². The van der Waals surface area contributed by atoms with Crippen LogP contribution in [0.5, 0.6) is 0 Å². The molecule has 1 aromatic rings. The van der Waals surface area contributed by atoms with Gasteiger partial charge in [-0.2, -0.15) is 0 Å². The van der Waals surface area contributed by atoms with Gasteiger partial charge in [-0.25, -0.2) is 4.79 Å². The van der Waals surface area contributed by atoms with Gasteiger partial charge in [0.25, 0.3) is 5.56 Å². The Bertz CT molecular complexity index is 593. The number of aliphatic hydroxyl groups excluding tert-OH is 2. The SMILES string of the molecule is O=c1[nH]c(=O)n([C@H]2C[C@H](O)C(CO)O2)cc1/C=C\Br. The summed E-state index contributed by atoms with van der Waals surface area (Å²) in [6, 6.07) is 0. The summed E-state index contributed by atoms with van der Waals surface area (Å²) in [5, 5.41) is 18.7. The Morgan fingerprint density at radius 3 is 2.89 bits per heavy atom. The standard InChI is InChI=1S/C11H13BrN2O5/c12-2-1-6-4-14(11(18)13-10(6)17)9-3-7(16)8(5-15)19-9/h1-2,4,7-9,15-16H,3,5H2,(H,13,17,18)/b2-1-/t7-,8?,9+/m0/s1. The normalized spacial score (nSPS) is 27.2. The van der Waals surface area contributed by atoms with Crippen molar-refractivity contribution in [3.63, 3.8) is 0 Å². The maximum atomic E-state index is 11.7. The highest BCUT2D eigenvalue weighted by Gasteiger charge is 2.35. The molecule has 1 aliphatic rings. The molecule has 2 rings (SSSR count). The third-order valence-corrected chi connectivity index (χ3v) is 3.20. The number of H-pyrrole nitrogens is 1. The number of nitrogens with zero attached hydrogens (tertiary/aromatic N) is 1. The first-order chi connectivity index (χ1) is 9.06. The van der Waals surface area contributed by atoms with E-state index >= 15 is 0 Å². The van der Waals surface area contributed by atoms with Crippen LogP contribution < -0.4 is 11.2 Å². The van der Waals surface area contributed by atoms with E-state index in [1.165, 1.54) is 21.8 Å². The Kier molecular flexibility index (Phi) is 4.35. The molecule has 0 aromatic carbocycles. The lowest BCUT2D eigenvalue weighted by molar-refractivity contribution is -0.0459. The van der Waals surface area contributed by atoms with Gasteiger partial charge in [0.1, 0.15) is 12.3 Å². The van der Waals surface area contributed by atoms with E-state index in [1.807, 2.05) is 0 Å². The monoisotopic (exact) mass is 332 g/mol. The van der Waals surface area contributed by atoms with Gasteiger partial charge in [0.2, 0.25) is 0 Å². The minimum atomic E-state index is -0.844. The molecule has 8 heteroatoms. The third kappa shape index (κ3) is 2.86. The molecule has 19 heavy (non-hydrogen) atoms. The summed E-state index contributed by atoms with van der Waals surface area (Å²) in [6.07, 6.45) is 0.746. The Morgan fingerprint density at radius 2 is 2.32 bits per heavy atom. The zero-order valence-corrected chi connectivity index (χ0v) is 11.4. The van der Waals surface area contributed by atoms with Crippen molar-refractivity contribution in [1.82, 2.24) is 9.55 Å². The van der Waals surface area contributed by atoms with Crippen LogP contribution in [0.2, 0.25) is 0 Å². The van der Waals surface area contributed by atoms with E-state index in [0.29, 0.717) is 0 Å². The van der Waals surface area contributed by atoms with Gasteiger partial charge in [-0.15, -0.1) is 0 Å². The van der Waals surface area contributed by atoms with E-state index < -0.39 is 29.7 Å². The van der Waals surface area contributed by atoms with E-state index in [9.17, 15) is 14.7 Å². The van der Waals surface area contributed by atoms with Gasteiger partial charge in [0.15, 0.2) is 0 Å². The number of halogens is 1. The molecule has 3 atom stereocenters. The highest BCUT2D eigenvalue weighted by atomic mass is 79.9. The number of hydrogen-bond donors (Lipinski definition) is 3. The van der Waals surface area contributed by atoms with Gasteiger partial charge < -0.3 is 14.9 Å². The molecule has 0 spiro atoms. The molecule has 1 aliphatic heterocycles. The zero-order valence-electron chi connectivity index (χ0n) is 9.82. The molecule has 1 fully saturated rings. The predicted molar refractivity (Wildman–Crippen MR) is 70.9 cm³/mol. The van der Waals surface area contributed by atoms with Crippen molar-refractivity contribution in [3.05, 3.63) is 37.6 Å². The number of ether oxygens (including phenoxy) is 1. The number of aromatic amines is 1. The van der Waals surface area contributed by atoms with Crippen molar-refractivity contribution in [1.29, 1.82) is 0 Å². The zero-order chi connectivity index (χ0) is 14.0. The van der Waals surface area contributed by atoms with Gasteiger partial charge >= 0.3 is 5.69 Å². The van der Waals surface area contributed by atoms with Crippen LogP contribution >= 0.6 is 15.9 Å². The first-order valence-corrected chi connectivity index (χ1v) is 6.55. The third-order valence-electron chi connectivity index (χ3n) is 2.93. The molecular weight excluding hydrogens is 320 g/mol. The lowest BCUT2D eigenvalue weighted by atomic mass is 10.2. The first kappa shape index (κ1) is 14.2. The van der Waals surface area contributed by atoms with E-state index in [1.54, 1.807) is 0 Å². The predicted octanol–water partition coefficient (Wildman–Crippen LogP) is -0.457. The average Bonchev–Trinajstić information content (AvgIpc) is 2.74. The first-order valence-electron chi connectivity index (χ1n) is 5.63. The van der Waals surface area contributed by atoms with E-state index in [4.69, 9.17) is 9.84 Å². The fourth-order valence-electron chi connectivity index (χ4n) is 1.95. The summed E-state index contributed by atoms with van der Waals surface area (Å²) in [5.41, 5.74) is -0.844. The maximum absolute atomic E-state index is 11.7. The van der Waals surface area contributed by atoms with Crippen LogP contribution in [0.25, 0.3) is 6.08 Å². The fourth-order valence-corrected chi connectivity index (χ4v) is 2.24. The van der Waals surface area contributed by atoms with Crippen LogP contribution in [0.1, 0.15) is 18.2 Å². The highest BCUT2D eigenvalue weighted by molar-refractivity contribution is 9.11. The Morgan fingerprint density at radius 1 is 1.58 bits per heavy atom. The van der Waals surface area contributed by atoms with Crippen LogP contribution in [0, 0.1) is 0 Å². The van der Waals surface area contributed by atoms with Crippen LogP contribution in [0.3, 0.4) is 0 Å². The lowest BCUT2D eigenvalue weighted by Gasteiger charge is -2.14. The molecule has 0 amide bonds. The van der Waals surface area contributed by atoms with Crippen LogP contribution in [0.15, 0.2) is 20.8 Å². The summed E-state index contributed by atoms with van der Waals surface area (Å²) < 4.78 is 6.56. The van der Waals surface area contributed by atoms with Crippen molar-refractivity contribution in [3.8, 4) is 0 Å². The largest absolute Gasteiger partial charge is 0.394 e. The van der Waals surface area contributed by atoms with Crippen molar-refractivity contribution in [2.75, 3.05) is 6.61 Å². The minimum Gasteiger partial charge on any atom is -0.394 e. The average molecular weight is 333 g/mol. The van der Waals surface area contributed by atoms with Gasteiger partial charge in [-0.05, 0) is 11.1 Å². The number of aromatic nitrogens is 2. The summed E-state index contributed by atoms with van der Waals surface area (Å²) in [7, 11) is 0. The molecule has 3 N–H and O–H groups in total. The van der Waals surface area contributed by atoms with Crippen LogP contribution in [0.4, 0.5) is 0 Å². The molecule has 0 aliphatic carbocycles. The second-order valence-electron chi connectivity index (χ2n) is 4.16. The molecule has 2 heterocycles. The quantitative estimate of drug-likeness (QED) is 0.695. The molecule has 1 aromatic heterocycles. The van der Waals surface area contributed by atoms with Gasteiger partial charge in [0.05, 0.1) is 18.3 Å². The number of rotatable bonds is 3. The van der Waals surface area contributed by atoms with Crippen molar-refractivity contribution in [2.24, 2.45) is 0 Å². The molecule has 0 saturated carbocycles. The molecule has 0 bridgehead atoms. The van der Waals surface area contributed by atoms with E-state index in [2.05, 4.69) is 20.9 Å². The Hall–Kier alpha value is -1.22. The molecule has 7 nitrogen and oxygen atoms in total. The van der Waals surface area contributed by atoms with E-state index in [-0.39, 0.29) is 18.6 Å². The molecule has 1 unspecified atom stereocenters. The summed E-state index contributed by atoms with van der Waals surface area (Å²) >= 11 is 3.05. The van der Waals surface area contributed by atoms with Gasteiger partial charge in [-0.1, -0.05) is 15.9 Å². The summed E-state index contributed by atoms with van der Waals surface area (Å²) in [5.74, 6) is 0. The van der Waals surface area contributed by atoms with Crippen LogP contribution in [-0.2, 0) is 4.74 Å². The number of hydrogen-bond acceptors (Lipinski definition) is 5. The smallest absolute Gasteiger partial charge is 0.330 e. The maximum Gasteiger partial charge on any atom is 0.330 e. The number of nitrogens with one attached hydrogen (secondary N) is 1. The highest BCUT2D eigenvalue weighted by Crippen LogP contribution is 2.27. The summed E-state index contributed by atoms with van der Waals surface area (Å²) in [4.78, 5) is 26.9. The Labute approximate surface area is 116 Å². The Balaban J connectivity index is 2.38. The van der Waals surface area contributed by atoms with Gasteiger partial charge in [-0.3, -0.25) is 14.3 Å². The second kappa shape index (κ2) is 5.83. The van der Waals surface area contributed by atoms with Crippen molar-refractivity contribution >= 4 is 22.0 Å². The summed E-state index contributed by atoms with van der Waals surface area (Å²) in [6.45, 7) is -0.329. The van der Waals surface area contributed by atoms with Crippen LogP contribution in [-0.4, -0.2) is 38.6 Å². The number of aliphatic hydroxyl groups is 2. The topological polar surface area (TPSA) is 105 Å². The fraction of sp³-hybridized carbons (Fsp3) is 0.455. The molecule has 104 valence electrons. The molecule has 1 saturated heterocycles. The lowest BCUT2D eigenvalue weighted by Crippen LogP contribution is -2.33.